The molecule has 1 saturated heterocycles. The molecule has 0 aliphatic carbocycles. The molecule has 1 aliphatic heterocycles. The van der Waals surface area contributed by atoms with Crippen LogP contribution in [0.15, 0.2) is 6.20 Å². The number of hydrogen-bond donors (Lipinski definition) is 6. The summed E-state index contributed by atoms with van der Waals surface area (Å²) in [6.45, 7) is 5.77. The third-order valence-corrected chi connectivity index (χ3v) is 12.0. The molecule has 0 aromatic carbocycles. The number of nitrogens with zero attached hydrogens (tertiary/aromatic N) is 3. The lowest BCUT2D eigenvalue weighted by Gasteiger charge is -2.39. The molecule has 61 heavy (non-hydrogen) atoms. The van der Waals surface area contributed by atoms with Gasteiger partial charge in [-0.2, -0.15) is 11.8 Å². The number of thioether (sulfide) groups is 1. The number of aliphatic hydroxyl groups excluding tert-OH is 4. The van der Waals surface area contributed by atoms with Crippen LogP contribution in [0.5, 0.6) is 0 Å². The molecule has 0 saturated carbocycles. The molecular weight excluding hydrogens is 807 g/mol. The van der Waals surface area contributed by atoms with Crippen LogP contribution in [0.25, 0.3) is 0 Å². The second-order valence-electron chi connectivity index (χ2n) is 16.4. The molecular formula is C44H79N5O11S. The van der Waals surface area contributed by atoms with E-state index in [4.69, 9.17) is 14.2 Å². The number of esters is 2. The van der Waals surface area contributed by atoms with Crippen molar-refractivity contribution in [3.05, 3.63) is 6.20 Å². The van der Waals surface area contributed by atoms with E-state index in [0.29, 0.717) is 12.8 Å². The van der Waals surface area contributed by atoms with E-state index in [1.807, 2.05) is 0 Å². The number of anilines is 1. The maximum Gasteiger partial charge on any atom is 0.306 e. The minimum absolute atomic E-state index is 0.0386. The first-order chi connectivity index (χ1) is 29.5. The summed E-state index contributed by atoms with van der Waals surface area (Å²) < 4.78 is 18.0. The van der Waals surface area contributed by atoms with Gasteiger partial charge < -0.3 is 45.3 Å². The van der Waals surface area contributed by atoms with Crippen molar-refractivity contribution in [2.45, 2.75) is 218 Å². The molecule has 1 fully saturated rings. The molecule has 0 spiro atoms. The summed E-state index contributed by atoms with van der Waals surface area (Å²) >= 11 is 1.27. The third-order valence-electron chi connectivity index (χ3n) is 10.8. The summed E-state index contributed by atoms with van der Waals surface area (Å²) in [4.78, 5) is 52.5. The average molecular weight is 886 g/mol. The minimum Gasteiger partial charge on any atom is -0.462 e. The molecule has 0 bridgehead atoms. The first kappa shape index (κ1) is 54.3. The van der Waals surface area contributed by atoms with Gasteiger partial charge in [-0.3, -0.25) is 19.2 Å². The maximum absolute atomic E-state index is 13.7. The Kier molecular flexibility index (Phi) is 30.0. The Morgan fingerprint density at radius 3 is 1.80 bits per heavy atom. The Labute approximate surface area is 368 Å². The number of aromatic nitrogens is 3. The first-order valence-corrected chi connectivity index (χ1v) is 24.4. The molecule has 0 radical (unpaired) electrons. The zero-order valence-electron chi connectivity index (χ0n) is 37.3. The average Bonchev–Trinajstić information content (AvgIpc) is 3.71. The fraction of sp³-hybridized carbons (Fsp3) is 0.864. The standard InChI is InChI=1S/C44H79N5O11S/c1-4-7-10-13-16-19-22-25-37(51)45-34(43(57)46-36-28-49(48-47-36)44-42(56)41(55)40(54)35(29-50)60-44)32-61-31-33(59-39(53)27-24-21-18-15-12-9-6-3)30-58-38(52)26-23-20-17-14-11-8-5-2/h28,33-35,40-42,44,50,54-56H,4-27,29-32H2,1-3H3,(H,45,51)(H,46,57)/t33-,34-,35?,40?,41?,42?,44+/m1/s1. The van der Waals surface area contributed by atoms with Crippen LogP contribution in [0.1, 0.15) is 181 Å². The number of carbonyl (C=O) groups is 4. The molecule has 6 N–H and O–H groups in total. The molecule has 1 aliphatic rings. The molecule has 2 rings (SSSR count). The van der Waals surface area contributed by atoms with Gasteiger partial charge >= 0.3 is 11.9 Å². The van der Waals surface area contributed by atoms with Crippen molar-refractivity contribution in [2.24, 2.45) is 0 Å². The van der Waals surface area contributed by atoms with E-state index >= 15 is 0 Å². The molecule has 16 nitrogen and oxygen atoms in total. The van der Waals surface area contributed by atoms with Crippen molar-refractivity contribution in [3.63, 3.8) is 0 Å². The first-order valence-electron chi connectivity index (χ1n) is 23.3. The predicted octanol–water partition coefficient (Wildman–Crippen LogP) is 6.28. The normalized spacial score (nSPS) is 19.9. The lowest BCUT2D eigenvalue weighted by Crippen LogP contribution is -2.56. The SMILES string of the molecule is CCCCCCCCCC(=O)N[C@H](CSC[C@@H](COC(=O)CCCCCCCCC)OC(=O)CCCCCCCCC)C(=O)Nc1cn([C@H]2OC(CO)C(O)C(O)C2O)nn1. The van der Waals surface area contributed by atoms with Crippen LogP contribution in [0.4, 0.5) is 5.82 Å². The smallest absolute Gasteiger partial charge is 0.306 e. The largest absolute Gasteiger partial charge is 0.462 e. The molecule has 17 heteroatoms. The molecule has 2 amide bonds. The highest BCUT2D eigenvalue weighted by Crippen LogP contribution is 2.28. The minimum atomic E-state index is -1.64. The van der Waals surface area contributed by atoms with Gasteiger partial charge in [0, 0.05) is 30.8 Å². The molecule has 4 unspecified atom stereocenters. The lowest BCUT2D eigenvalue weighted by atomic mass is 9.98. The van der Waals surface area contributed by atoms with Crippen LogP contribution in [0.2, 0.25) is 0 Å². The van der Waals surface area contributed by atoms with E-state index in [9.17, 15) is 39.6 Å². The van der Waals surface area contributed by atoms with Crippen molar-refractivity contribution in [3.8, 4) is 0 Å². The zero-order chi connectivity index (χ0) is 44.7. The van der Waals surface area contributed by atoms with Crippen molar-refractivity contribution in [1.29, 1.82) is 0 Å². The van der Waals surface area contributed by atoms with E-state index in [1.165, 1.54) is 62.9 Å². The van der Waals surface area contributed by atoms with Gasteiger partial charge in [0.1, 0.15) is 43.2 Å². The van der Waals surface area contributed by atoms with E-state index in [0.717, 1.165) is 81.7 Å². The summed E-state index contributed by atoms with van der Waals surface area (Å²) in [5.41, 5.74) is 0. The predicted molar refractivity (Wildman–Crippen MR) is 236 cm³/mol. The van der Waals surface area contributed by atoms with Crippen LogP contribution in [0.3, 0.4) is 0 Å². The van der Waals surface area contributed by atoms with Crippen LogP contribution >= 0.6 is 11.8 Å². The van der Waals surface area contributed by atoms with Gasteiger partial charge in [-0.05, 0) is 19.3 Å². The van der Waals surface area contributed by atoms with Crippen LogP contribution in [-0.4, -0.2) is 120 Å². The Hall–Kier alpha value is -2.83. The molecule has 352 valence electrons. The number of carbonyl (C=O) groups excluding carboxylic acids is 4. The second-order valence-corrected chi connectivity index (χ2v) is 17.4. The Morgan fingerprint density at radius 1 is 0.721 bits per heavy atom. The number of rotatable bonds is 36. The van der Waals surface area contributed by atoms with Crippen LogP contribution in [0, 0.1) is 0 Å². The number of nitrogens with one attached hydrogen (secondary N) is 2. The lowest BCUT2D eigenvalue weighted by molar-refractivity contribution is -0.254. The topological polar surface area (TPSA) is 232 Å². The maximum atomic E-state index is 13.7. The zero-order valence-corrected chi connectivity index (χ0v) is 38.1. The Bertz CT molecular complexity index is 1340. The molecule has 1 aromatic rings. The van der Waals surface area contributed by atoms with E-state index in [1.54, 1.807) is 0 Å². The summed E-state index contributed by atoms with van der Waals surface area (Å²) in [6, 6.07) is -1.04. The van der Waals surface area contributed by atoms with Crippen LogP contribution in [-0.2, 0) is 33.4 Å². The Balaban J connectivity index is 2.08. The molecule has 1 aromatic heterocycles. The number of aliphatic hydroxyl groups is 4. The van der Waals surface area contributed by atoms with Crippen molar-refractivity contribution < 1.29 is 53.8 Å². The molecule has 7 atom stereocenters. The van der Waals surface area contributed by atoms with Crippen molar-refractivity contribution in [2.75, 3.05) is 30.0 Å². The van der Waals surface area contributed by atoms with Crippen molar-refractivity contribution in [1.82, 2.24) is 20.3 Å². The summed E-state index contributed by atoms with van der Waals surface area (Å²) in [7, 11) is 0. The number of ether oxygens (including phenoxy) is 3. The van der Waals surface area contributed by atoms with Crippen LogP contribution < -0.4 is 10.6 Å². The third kappa shape index (κ3) is 23.4. The Morgan fingerprint density at radius 2 is 1.25 bits per heavy atom. The quantitative estimate of drug-likeness (QED) is 0.0322. The van der Waals surface area contributed by atoms with Gasteiger partial charge in [0.15, 0.2) is 12.0 Å². The number of unbranched alkanes of at least 4 members (excludes halogenated alkanes) is 18. The fourth-order valence-corrected chi connectivity index (χ4v) is 8.09. The summed E-state index contributed by atoms with van der Waals surface area (Å²) in [6.07, 6.45) is 16.1. The van der Waals surface area contributed by atoms with E-state index in [-0.39, 0.29) is 61.0 Å². The van der Waals surface area contributed by atoms with Gasteiger partial charge in [-0.1, -0.05) is 142 Å². The monoisotopic (exact) mass is 886 g/mol. The highest BCUT2D eigenvalue weighted by atomic mass is 32.2. The van der Waals surface area contributed by atoms with Gasteiger partial charge in [0.25, 0.3) is 0 Å². The fourth-order valence-electron chi connectivity index (χ4n) is 7.05. The van der Waals surface area contributed by atoms with Gasteiger partial charge in [0.2, 0.25) is 11.8 Å². The van der Waals surface area contributed by atoms with Crippen molar-refractivity contribution >= 4 is 41.3 Å². The number of amides is 2. The van der Waals surface area contributed by atoms with Gasteiger partial charge in [-0.25, -0.2) is 4.68 Å². The highest BCUT2D eigenvalue weighted by Gasteiger charge is 2.44. The van der Waals surface area contributed by atoms with Gasteiger partial charge in [-0.15, -0.1) is 5.10 Å². The van der Waals surface area contributed by atoms with E-state index < -0.39 is 55.3 Å². The second kappa shape index (κ2) is 33.7. The summed E-state index contributed by atoms with van der Waals surface area (Å²) in [5.74, 6) is -1.36. The summed E-state index contributed by atoms with van der Waals surface area (Å²) in [5, 5.41) is 53.8. The van der Waals surface area contributed by atoms with E-state index in [2.05, 4.69) is 41.7 Å². The number of hydrogen-bond acceptors (Lipinski definition) is 14. The highest BCUT2D eigenvalue weighted by molar-refractivity contribution is 7.99. The van der Waals surface area contributed by atoms with Gasteiger partial charge in [0.05, 0.1) is 12.8 Å². The molecule has 2 heterocycles.